The minimum atomic E-state index is -1.23. The summed E-state index contributed by atoms with van der Waals surface area (Å²) in [5, 5.41) is 11.9. The summed E-state index contributed by atoms with van der Waals surface area (Å²) in [7, 11) is 0. The second kappa shape index (κ2) is 9.01. The lowest BCUT2D eigenvalue weighted by molar-refractivity contribution is -0.132. The number of nitrogens with one attached hydrogen (secondary N) is 1. The predicted molar refractivity (Wildman–Crippen MR) is 110 cm³/mol. The number of amides is 1. The highest BCUT2D eigenvalue weighted by atomic mass is 79.9. The molecule has 2 N–H and O–H groups in total. The number of para-hydroxylation sites is 1. The van der Waals surface area contributed by atoms with Crippen molar-refractivity contribution in [3.05, 3.63) is 100 Å². The maximum atomic E-state index is 12.3. The molecule has 0 aliphatic carbocycles. The molecule has 0 fully saturated rings. The Bertz CT molecular complexity index is 1030. The molecule has 0 aliphatic rings. The molecule has 0 bridgehead atoms. The first kappa shape index (κ1) is 19.4. The van der Waals surface area contributed by atoms with Gasteiger partial charge in [0.15, 0.2) is 0 Å². The summed E-state index contributed by atoms with van der Waals surface area (Å²) in [4.78, 5) is 23.8. The lowest BCUT2D eigenvalue weighted by Crippen LogP contribution is -2.27. The predicted octanol–water partition coefficient (Wildman–Crippen LogP) is 5.10. The van der Waals surface area contributed by atoms with Gasteiger partial charge in [0.2, 0.25) is 0 Å². The largest absolute Gasteiger partial charge is 0.477 e. The molecular weight excluding hydrogens is 422 g/mol. The smallest absolute Gasteiger partial charge is 0.352 e. The Kier molecular flexibility index (Phi) is 6.24. The van der Waals surface area contributed by atoms with Crippen LogP contribution in [0.2, 0.25) is 0 Å². The van der Waals surface area contributed by atoms with Gasteiger partial charge in [0.1, 0.15) is 17.2 Å². The highest BCUT2D eigenvalue weighted by molar-refractivity contribution is 9.10. The molecule has 0 saturated heterocycles. The molecule has 0 saturated carbocycles. The van der Waals surface area contributed by atoms with Gasteiger partial charge in [0.05, 0.1) is 4.47 Å². The fourth-order valence-electron chi connectivity index (χ4n) is 2.42. The van der Waals surface area contributed by atoms with Gasteiger partial charge in [-0.2, -0.15) is 0 Å². The number of carbonyl (C=O) groups excluding carboxylic acids is 1. The maximum absolute atomic E-state index is 12.3. The average Bonchev–Trinajstić information content (AvgIpc) is 2.70. The van der Waals surface area contributed by atoms with E-state index in [-0.39, 0.29) is 5.70 Å². The summed E-state index contributed by atoms with van der Waals surface area (Å²) in [6.45, 7) is 0. The Hall–Kier alpha value is -3.38. The van der Waals surface area contributed by atoms with E-state index in [0.717, 1.165) is 4.47 Å². The van der Waals surface area contributed by atoms with Crippen molar-refractivity contribution in [1.82, 2.24) is 5.32 Å². The van der Waals surface area contributed by atoms with Crippen LogP contribution in [0.25, 0.3) is 6.08 Å². The number of hydrogen-bond donors (Lipinski definition) is 2. The first-order chi connectivity index (χ1) is 13.5. The van der Waals surface area contributed by atoms with E-state index in [9.17, 15) is 14.7 Å². The fourth-order valence-corrected chi connectivity index (χ4v) is 2.79. The summed E-state index contributed by atoms with van der Waals surface area (Å²) in [6.07, 6.45) is 1.38. The molecular formula is C22H16BrNO4. The van der Waals surface area contributed by atoms with Gasteiger partial charge < -0.3 is 15.2 Å². The molecule has 0 aliphatic heterocycles. The zero-order chi connectivity index (χ0) is 19.9. The number of hydrogen-bond acceptors (Lipinski definition) is 3. The monoisotopic (exact) mass is 437 g/mol. The van der Waals surface area contributed by atoms with Crippen molar-refractivity contribution in [3.8, 4) is 11.5 Å². The number of ether oxygens (including phenoxy) is 1. The lowest BCUT2D eigenvalue weighted by Gasteiger charge is -2.09. The van der Waals surface area contributed by atoms with Gasteiger partial charge in [-0.05, 0) is 64.0 Å². The van der Waals surface area contributed by atoms with Crippen LogP contribution in [0.4, 0.5) is 0 Å². The normalized spacial score (nSPS) is 11.0. The van der Waals surface area contributed by atoms with Crippen molar-refractivity contribution in [2.24, 2.45) is 0 Å². The number of rotatable bonds is 6. The van der Waals surface area contributed by atoms with Gasteiger partial charge >= 0.3 is 5.97 Å². The van der Waals surface area contributed by atoms with Crippen molar-refractivity contribution in [3.63, 3.8) is 0 Å². The molecule has 0 heterocycles. The SMILES string of the molecule is O=C(O)C(=Cc1cccc(Oc2ccccc2Br)c1)NC(=O)c1ccccc1. The van der Waals surface area contributed by atoms with Gasteiger partial charge in [0.25, 0.3) is 5.91 Å². The van der Waals surface area contributed by atoms with E-state index in [1.165, 1.54) is 6.08 Å². The molecule has 6 heteroatoms. The quantitative estimate of drug-likeness (QED) is 0.526. The summed E-state index contributed by atoms with van der Waals surface area (Å²) >= 11 is 3.42. The molecule has 0 radical (unpaired) electrons. The molecule has 5 nitrogen and oxygen atoms in total. The highest BCUT2D eigenvalue weighted by Crippen LogP contribution is 2.29. The number of benzene rings is 3. The van der Waals surface area contributed by atoms with E-state index in [2.05, 4.69) is 21.2 Å². The zero-order valence-electron chi connectivity index (χ0n) is 14.6. The lowest BCUT2D eigenvalue weighted by atomic mass is 10.1. The summed E-state index contributed by atoms with van der Waals surface area (Å²) in [5.74, 6) is -0.546. The highest BCUT2D eigenvalue weighted by Gasteiger charge is 2.13. The van der Waals surface area contributed by atoms with E-state index < -0.39 is 11.9 Å². The molecule has 3 aromatic rings. The van der Waals surface area contributed by atoms with E-state index in [1.807, 2.05) is 24.3 Å². The van der Waals surface area contributed by atoms with Crippen LogP contribution in [-0.4, -0.2) is 17.0 Å². The van der Waals surface area contributed by atoms with Crippen molar-refractivity contribution >= 4 is 33.9 Å². The number of carboxylic acid groups (broad SMARTS) is 1. The van der Waals surface area contributed by atoms with Gasteiger partial charge in [-0.15, -0.1) is 0 Å². The van der Waals surface area contributed by atoms with Gasteiger partial charge in [-0.1, -0.05) is 42.5 Å². The minimum absolute atomic E-state index is 0.230. The first-order valence-electron chi connectivity index (χ1n) is 8.37. The second-order valence-electron chi connectivity index (χ2n) is 5.79. The first-order valence-corrected chi connectivity index (χ1v) is 9.16. The van der Waals surface area contributed by atoms with E-state index >= 15 is 0 Å². The number of halogens is 1. The maximum Gasteiger partial charge on any atom is 0.352 e. The van der Waals surface area contributed by atoms with Crippen LogP contribution in [0.3, 0.4) is 0 Å². The van der Waals surface area contributed by atoms with Gasteiger partial charge in [-0.3, -0.25) is 4.79 Å². The Balaban J connectivity index is 1.82. The van der Waals surface area contributed by atoms with Crippen LogP contribution in [0, 0.1) is 0 Å². The Labute approximate surface area is 170 Å². The third-order valence-corrected chi connectivity index (χ3v) is 4.40. The van der Waals surface area contributed by atoms with E-state index in [4.69, 9.17) is 4.74 Å². The van der Waals surface area contributed by atoms with Crippen LogP contribution in [0.15, 0.2) is 89.0 Å². The average molecular weight is 438 g/mol. The third kappa shape index (κ3) is 5.08. The van der Waals surface area contributed by atoms with Crippen LogP contribution >= 0.6 is 15.9 Å². The molecule has 1 amide bonds. The minimum Gasteiger partial charge on any atom is -0.477 e. The van der Waals surface area contributed by atoms with Gasteiger partial charge in [0, 0.05) is 5.56 Å². The number of carboxylic acids is 1. The molecule has 28 heavy (non-hydrogen) atoms. The number of aliphatic carboxylic acids is 1. The molecule has 0 aromatic heterocycles. The fraction of sp³-hybridized carbons (Fsp3) is 0. The summed E-state index contributed by atoms with van der Waals surface area (Å²) < 4.78 is 6.63. The Morgan fingerprint density at radius 2 is 1.64 bits per heavy atom. The van der Waals surface area contributed by atoms with E-state index in [0.29, 0.717) is 22.6 Å². The molecule has 0 spiro atoms. The standard InChI is InChI=1S/C22H16BrNO4/c23-18-11-4-5-12-20(18)28-17-10-6-7-15(13-17)14-19(22(26)27)24-21(25)16-8-2-1-3-9-16/h1-14H,(H,24,25)(H,26,27). The van der Waals surface area contributed by atoms with E-state index in [1.54, 1.807) is 54.6 Å². The second-order valence-corrected chi connectivity index (χ2v) is 6.64. The zero-order valence-corrected chi connectivity index (χ0v) is 16.2. The van der Waals surface area contributed by atoms with Crippen molar-refractivity contribution in [2.75, 3.05) is 0 Å². The third-order valence-electron chi connectivity index (χ3n) is 3.75. The topological polar surface area (TPSA) is 75.6 Å². The van der Waals surface area contributed by atoms with Crippen molar-refractivity contribution < 1.29 is 19.4 Å². The summed E-state index contributed by atoms with van der Waals surface area (Å²) in [6, 6.07) is 22.8. The van der Waals surface area contributed by atoms with Crippen LogP contribution in [0.5, 0.6) is 11.5 Å². The van der Waals surface area contributed by atoms with Crippen LogP contribution < -0.4 is 10.1 Å². The Morgan fingerprint density at radius 1 is 0.929 bits per heavy atom. The molecule has 0 unspecified atom stereocenters. The Morgan fingerprint density at radius 3 is 2.36 bits per heavy atom. The van der Waals surface area contributed by atoms with Gasteiger partial charge in [-0.25, -0.2) is 4.79 Å². The molecule has 3 rings (SSSR count). The molecule has 140 valence electrons. The molecule has 3 aromatic carbocycles. The van der Waals surface area contributed by atoms with Crippen LogP contribution in [-0.2, 0) is 4.79 Å². The van der Waals surface area contributed by atoms with Crippen molar-refractivity contribution in [2.45, 2.75) is 0 Å². The summed E-state index contributed by atoms with van der Waals surface area (Å²) in [5.41, 5.74) is 0.725. The number of carbonyl (C=O) groups is 2. The van der Waals surface area contributed by atoms with Crippen molar-refractivity contribution in [1.29, 1.82) is 0 Å². The van der Waals surface area contributed by atoms with Crippen LogP contribution in [0.1, 0.15) is 15.9 Å². The molecule has 0 atom stereocenters.